The molecule has 0 spiro atoms. The first-order valence-corrected chi connectivity index (χ1v) is 4.07. The van der Waals surface area contributed by atoms with E-state index in [1.165, 1.54) is 6.08 Å². The van der Waals surface area contributed by atoms with Crippen LogP contribution in [0.15, 0.2) is 36.5 Å². The Kier molecular flexibility index (Phi) is 3.49. The zero-order chi connectivity index (χ0) is 12.1. The van der Waals surface area contributed by atoms with Crippen molar-refractivity contribution in [3.05, 3.63) is 36.5 Å². The molecule has 82 valence electrons. The van der Waals surface area contributed by atoms with Crippen LogP contribution in [0.5, 0.6) is 0 Å². The zero-order valence-corrected chi connectivity index (χ0v) is 7.97. The summed E-state index contributed by atoms with van der Waals surface area (Å²) in [5, 5.41) is 0. The Balaban J connectivity index is 0.000000165. The van der Waals surface area contributed by atoms with Crippen LogP contribution in [0.1, 0.15) is 0 Å². The first-order valence-electron chi connectivity index (χ1n) is 4.07. The number of rotatable bonds is 1. The molecule has 2 heterocycles. The van der Waals surface area contributed by atoms with Crippen LogP contribution in [0.4, 0.5) is 0 Å². The molecular formula is C10H6O6. The van der Waals surface area contributed by atoms with Gasteiger partial charge in [-0.1, -0.05) is 12.7 Å². The molecule has 0 aromatic heterocycles. The first-order chi connectivity index (χ1) is 7.52. The van der Waals surface area contributed by atoms with Gasteiger partial charge in [0.05, 0.1) is 5.57 Å². The Bertz CT molecular complexity index is 424. The minimum Gasteiger partial charge on any atom is -0.387 e. The Labute approximate surface area is 89.8 Å². The molecule has 0 atom stereocenters. The van der Waals surface area contributed by atoms with Crippen molar-refractivity contribution in [1.82, 2.24) is 0 Å². The monoisotopic (exact) mass is 222 g/mol. The van der Waals surface area contributed by atoms with E-state index in [2.05, 4.69) is 16.1 Å². The number of hydrogen-bond acceptors (Lipinski definition) is 6. The van der Waals surface area contributed by atoms with E-state index in [1.807, 2.05) is 0 Å². The summed E-state index contributed by atoms with van der Waals surface area (Å²) in [6.45, 7) is 3.31. The second-order valence-electron chi connectivity index (χ2n) is 2.59. The summed E-state index contributed by atoms with van der Waals surface area (Å²) in [5.74, 6) is -2.39. The van der Waals surface area contributed by atoms with Gasteiger partial charge in [-0.15, -0.1) is 0 Å². The Morgan fingerprint density at radius 3 is 1.69 bits per heavy atom. The van der Waals surface area contributed by atoms with Crippen molar-refractivity contribution in [1.29, 1.82) is 0 Å². The summed E-state index contributed by atoms with van der Waals surface area (Å²) in [4.78, 5) is 40.5. The average molecular weight is 222 g/mol. The van der Waals surface area contributed by atoms with Crippen LogP contribution < -0.4 is 0 Å². The highest BCUT2D eigenvalue weighted by Crippen LogP contribution is 2.07. The summed E-state index contributed by atoms with van der Waals surface area (Å²) >= 11 is 0. The number of carbonyl (C=O) groups is 4. The third-order valence-electron chi connectivity index (χ3n) is 1.48. The molecular weight excluding hydrogens is 216 g/mol. The SMILES string of the molecule is C=CC1=CC(=O)OC1=O.O=C1C=CC(=O)O1. The molecule has 0 bridgehead atoms. The maximum absolute atomic E-state index is 10.4. The molecule has 0 aromatic rings. The largest absolute Gasteiger partial charge is 0.387 e. The molecule has 16 heavy (non-hydrogen) atoms. The predicted molar refractivity (Wildman–Crippen MR) is 49.6 cm³/mol. The van der Waals surface area contributed by atoms with Crippen molar-refractivity contribution in [2.45, 2.75) is 0 Å². The van der Waals surface area contributed by atoms with Crippen LogP contribution in [0.25, 0.3) is 0 Å². The quantitative estimate of drug-likeness (QED) is 0.451. The average Bonchev–Trinajstić information content (AvgIpc) is 2.73. The lowest BCUT2D eigenvalue weighted by molar-refractivity contribution is -0.152. The number of cyclic esters (lactones) is 4. The fourth-order valence-electron chi connectivity index (χ4n) is 0.811. The molecule has 0 saturated carbocycles. The van der Waals surface area contributed by atoms with E-state index >= 15 is 0 Å². The predicted octanol–water partition coefficient (Wildman–Crippen LogP) is -0.192. The molecule has 2 aliphatic heterocycles. The lowest BCUT2D eigenvalue weighted by atomic mass is 10.3. The highest BCUT2D eigenvalue weighted by molar-refractivity contribution is 6.10. The molecule has 0 radical (unpaired) electrons. The number of esters is 4. The van der Waals surface area contributed by atoms with E-state index in [4.69, 9.17) is 0 Å². The topological polar surface area (TPSA) is 86.7 Å². The highest BCUT2D eigenvalue weighted by atomic mass is 16.6. The molecule has 6 heteroatoms. The van der Waals surface area contributed by atoms with Crippen LogP contribution in [-0.2, 0) is 28.7 Å². The lowest BCUT2D eigenvalue weighted by Crippen LogP contribution is -1.99. The van der Waals surface area contributed by atoms with E-state index in [1.54, 1.807) is 0 Å². The van der Waals surface area contributed by atoms with Gasteiger partial charge in [-0.3, -0.25) is 0 Å². The van der Waals surface area contributed by atoms with Crippen molar-refractivity contribution < 1.29 is 28.7 Å². The summed E-state index contributed by atoms with van der Waals surface area (Å²) in [6.07, 6.45) is 4.56. The summed E-state index contributed by atoms with van der Waals surface area (Å²) in [6, 6.07) is 0. The maximum Gasteiger partial charge on any atom is 0.346 e. The first kappa shape index (κ1) is 11.6. The molecule has 0 aromatic carbocycles. The maximum atomic E-state index is 10.4. The van der Waals surface area contributed by atoms with Gasteiger partial charge < -0.3 is 9.47 Å². The van der Waals surface area contributed by atoms with Gasteiger partial charge in [0.15, 0.2) is 0 Å². The molecule has 6 nitrogen and oxygen atoms in total. The van der Waals surface area contributed by atoms with Gasteiger partial charge in [0.1, 0.15) is 0 Å². The molecule has 0 fully saturated rings. The minimum atomic E-state index is -0.616. The molecule has 0 N–H and O–H groups in total. The Morgan fingerprint density at radius 2 is 1.50 bits per heavy atom. The van der Waals surface area contributed by atoms with Crippen molar-refractivity contribution in [3.8, 4) is 0 Å². The second kappa shape index (κ2) is 4.83. The van der Waals surface area contributed by atoms with Gasteiger partial charge >= 0.3 is 23.9 Å². The van der Waals surface area contributed by atoms with Gasteiger partial charge in [-0.2, -0.15) is 0 Å². The lowest BCUT2D eigenvalue weighted by Gasteiger charge is -1.85. The second-order valence-corrected chi connectivity index (χ2v) is 2.59. The standard InChI is InChI=1S/C6H4O3.C4H2O3/c1-2-4-3-5(7)9-6(4)8;5-3-1-2-4(6)7-3/h2-3H,1H2;1-2H. The van der Waals surface area contributed by atoms with Crippen molar-refractivity contribution in [2.24, 2.45) is 0 Å². The van der Waals surface area contributed by atoms with Gasteiger partial charge in [0.25, 0.3) is 0 Å². The summed E-state index contributed by atoms with van der Waals surface area (Å²) < 4.78 is 8.10. The van der Waals surface area contributed by atoms with Crippen molar-refractivity contribution in [2.75, 3.05) is 0 Å². The summed E-state index contributed by atoms with van der Waals surface area (Å²) in [5.41, 5.74) is 0.222. The van der Waals surface area contributed by atoms with Gasteiger partial charge in [0.2, 0.25) is 0 Å². The third-order valence-corrected chi connectivity index (χ3v) is 1.48. The van der Waals surface area contributed by atoms with Crippen LogP contribution >= 0.6 is 0 Å². The fraction of sp³-hybridized carbons (Fsp3) is 0. The zero-order valence-electron chi connectivity index (χ0n) is 7.97. The smallest absolute Gasteiger partial charge is 0.346 e. The van der Waals surface area contributed by atoms with Crippen molar-refractivity contribution in [3.63, 3.8) is 0 Å². The Hall–Kier alpha value is -2.50. The van der Waals surface area contributed by atoms with Crippen LogP contribution in [0, 0.1) is 0 Å². The van der Waals surface area contributed by atoms with Crippen LogP contribution in [0.3, 0.4) is 0 Å². The van der Waals surface area contributed by atoms with Crippen LogP contribution in [0.2, 0.25) is 0 Å². The fourth-order valence-corrected chi connectivity index (χ4v) is 0.811. The van der Waals surface area contributed by atoms with Crippen molar-refractivity contribution >= 4 is 23.9 Å². The molecule has 0 aliphatic carbocycles. The molecule has 0 unspecified atom stereocenters. The van der Waals surface area contributed by atoms with E-state index in [0.717, 1.165) is 18.2 Å². The Morgan fingerprint density at radius 1 is 0.938 bits per heavy atom. The van der Waals surface area contributed by atoms with Crippen LogP contribution in [-0.4, -0.2) is 23.9 Å². The summed E-state index contributed by atoms with van der Waals surface area (Å²) in [7, 11) is 0. The molecule has 0 saturated heterocycles. The number of hydrogen-bond donors (Lipinski definition) is 0. The number of carbonyl (C=O) groups excluding carboxylic acids is 4. The molecule has 0 amide bonds. The minimum absolute atomic E-state index is 0.222. The van der Waals surface area contributed by atoms with E-state index in [0.29, 0.717) is 0 Å². The van der Waals surface area contributed by atoms with E-state index in [9.17, 15) is 19.2 Å². The van der Waals surface area contributed by atoms with Gasteiger partial charge in [-0.25, -0.2) is 19.2 Å². The highest BCUT2D eigenvalue weighted by Gasteiger charge is 2.20. The molecule has 2 aliphatic rings. The number of ether oxygens (including phenoxy) is 2. The van der Waals surface area contributed by atoms with E-state index in [-0.39, 0.29) is 5.57 Å². The third kappa shape index (κ3) is 3.02. The van der Waals surface area contributed by atoms with Gasteiger partial charge in [0, 0.05) is 18.2 Å². The van der Waals surface area contributed by atoms with Gasteiger partial charge in [-0.05, 0) is 0 Å². The molecule has 2 rings (SSSR count). The normalized spacial score (nSPS) is 17.4. The van der Waals surface area contributed by atoms with E-state index < -0.39 is 23.9 Å².